The Morgan fingerprint density at radius 2 is 1.56 bits per heavy atom. The summed E-state index contributed by atoms with van der Waals surface area (Å²) in [6.07, 6.45) is 0.214. The Morgan fingerprint density at radius 3 is 2.20 bits per heavy atom. The predicted octanol–water partition coefficient (Wildman–Crippen LogP) is 11.7. The van der Waals surface area contributed by atoms with Gasteiger partial charge in [0.2, 0.25) is 0 Å². The number of alkyl halides is 10. The second kappa shape index (κ2) is 17.2. The topological polar surface area (TPSA) is 41.9 Å². The molecule has 3 aliphatic carbocycles. The van der Waals surface area contributed by atoms with Crippen LogP contribution in [0.4, 0.5) is 43.9 Å². The number of aliphatic hydroxyl groups is 1. The van der Waals surface area contributed by atoms with E-state index in [4.69, 9.17) is 9.47 Å². The lowest BCUT2D eigenvalue weighted by molar-refractivity contribution is -0.396. The molecule has 0 aromatic heterocycles. The van der Waals surface area contributed by atoms with Crippen LogP contribution in [0.3, 0.4) is 0 Å². The highest BCUT2D eigenvalue weighted by Crippen LogP contribution is 2.67. The van der Waals surface area contributed by atoms with Crippen LogP contribution in [0.2, 0.25) is 0 Å². The minimum atomic E-state index is -6.84. The van der Waals surface area contributed by atoms with Crippen LogP contribution in [-0.2, 0) is 11.2 Å². The molecule has 1 aromatic rings. The first kappa shape index (κ1) is 44.3. The molecular weight excluding hydrogens is 744 g/mol. The lowest BCUT2D eigenvalue weighted by Crippen LogP contribution is -2.60. The Morgan fingerprint density at radius 1 is 0.891 bits per heavy atom. The SMILES string of the molecule is CCC1(O)CCC2C3C(CCCCCN(C)CCCCCCC(F)(F)C(F)(F)C(F)(F)C(F)(F)F)Cc4cc(OC5CCCCO5)ccc4C3C(F)CC21C. The highest BCUT2D eigenvalue weighted by atomic mass is 19.4. The third kappa shape index (κ3) is 8.96. The molecule has 1 N–H and O–H groups in total. The van der Waals surface area contributed by atoms with Crippen molar-refractivity contribution in [2.75, 3.05) is 26.7 Å². The predicted molar refractivity (Wildman–Crippen MR) is 190 cm³/mol. The Labute approximate surface area is 319 Å². The molecule has 1 aromatic carbocycles. The monoisotopic (exact) mass is 803 g/mol. The van der Waals surface area contributed by atoms with E-state index in [1.54, 1.807) is 0 Å². The number of benzene rings is 1. The van der Waals surface area contributed by atoms with Gasteiger partial charge in [-0.25, -0.2) is 4.39 Å². The van der Waals surface area contributed by atoms with E-state index in [-0.39, 0.29) is 36.4 Å². The summed E-state index contributed by atoms with van der Waals surface area (Å²) < 4.78 is 146. The molecule has 0 amide bonds. The molecular formula is C41H59F10NO3. The van der Waals surface area contributed by atoms with Gasteiger partial charge >= 0.3 is 23.9 Å². The maximum atomic E-state index is 16.6. The second-order valence-electron chi connectivity index (χ2n) is 17.2. The number of unbranched alkanes of at least 4 members (excludes halogenated alkanes) is 5. The molecule has 1 aliphatic heterocycles. The number of hydrogen-bond donors (Lipinski definition) is 1. The molecule has 8 unspecified atom stereocenters. The molecule has 5 rings (SSSR count). The van der Waals surface area contributed by atoms with Crippen LogP contribution in [0.1, 0.15) is 134 Å². The fraction of sp³-hybridized carbons (Fsp3) is 0.854. The van der Waals surface area contributed by atoms with Gasteiger partial charge < -0.3 is 19.5 Å². The van der Waals surface area contributed by atoms with Gasteiger partial charge in [0.1, 0.15) is 11.9 Å². The number of nitrogens with zero attached hydrogens (tertiary/aromatic N) is 1. The summed E-state index contributed by atoms with van der Waals surface area (Å²) in [4.78, 5) is 2.06. The van der Waals surface area contributed by atoms with Gasteiger partial charge in [-0.05, 0) is 132 Å². The van der Waals surface area contributed by atoms with Gasteiger partial charge in [-0.1, -0.05) is 45.6 Å². The third-order valence-corrected chi connectivity index (χ3v) is 13.7. The van der Waals surface area contributed by atoms with Gasteiger partial charge in [-0.2, -0.15) is 39.5 Å². The van der Waals surface area contributed by atoms with Crippen LogP contribution in [0.15, 0.2) is 18.2 Å². The van der Waals surface area contributed by atoms with E-state index in [9.17, 15) is 44.6 Å². The van der Waals surface area contributed by atoms with Gasteiger partial charge in [0.25, 0.3) is 0 Å². The van der Waals surface area contributed by atoms with Crippen molar-refractivity contribution in [2.45, 2.75) is 171 Å². The zero-order valence-corrected chi connectivity index (χ0v) is 32.3. The van der Waals surface area contributed by atoms with E-state index in [1.807, 2.05) is 20.0 Å². The Bertz CT molecular complexity index is 1400. The molecule has 4 nitrogen and oxygen atoms in total. The first-order valence-electron chi connectivity index (χ1n) is 20.4. The minimum Gasteiger partial charge on any atom is -0.465 e. The van der Waals surface area contributed by atoms with Crippen LogP contribution < -0.4 is 4.74 Å². The van der Waals surface area contributed by atoms with Gasteiger partial charge in [-0.3, -0.25) is 0 Å². The number of ether oxygens (including phenoxy) is 2. The maximum absolute atomic E-state index is 16.6. The highest BCUT2D eigenvalue weighted by Gasteiger charge is 2.81. The average Bonchev–Trinajstić information content (AvgIpc) is 3.38. The smallest absolute Gasteiger partial charge is 0.460 e. The van der Waals surface area contributed by atoms with Gasteiger partial charge in [-0.15, -0.1) is 0 Å². The van der Waals surface area contributed by atoms with Crippen LogP contribution in [0.5, 0.6) is 5.75 Å². The van der Waals surface area contributed by atoms with E-state index in [1.165, 1.54) is 0 Å². The molecule has 0 radical (unpaired) electrons. The Hall–Kier alpha value is -1.80. The zero-order chi connectivity index (χ0) is 40.5. The fourth-order valence-corrected chi connectivity index (χ4v) is 10.5. The van der Waals surface area contributed by atoms with Crippen molar-refractivity contribution < 1.29 is 58.5 Å². The highest BCUT2D eigenvalue weighted by molar-refractivity contribution is 5.42. The Balaban J connectivity index is 1.11. The standard InChI is InChI=1S/C41H59F10NO3/c1-4-37(53)20-18-31-34-27(24-28-25-29(55-33-15-9-13-23-54-33)16-17-30(28)35(34)32(42)26-36(31,37)2)14-8-7-12-22-52(3)21-11-6-5-10-19-38(43,44)39(45,46)40(47,48)41(49,50)51/h16-17,25,27,31-35,53H,4-15,18-24,26H2,1-3H3. The van der Waals surface area contributed by atoms with Crippen molar-refractivity contribution in [1.29, 1.82) is 0 Å². The molecule has 8 atom stereocenters. The summed E-state index contributed by atoms with van der Waals surface area (Å²) in [6.45, 7) is 6.10. The normalized spacial score (nSPS) is 31.6. The van der Waals surface area contributed by atoms with E-state index in [0.29, 0.717) is 45.3 Å². The summed E-state index contributed by atoms with van der Waals surface area (Å²) in [7, 11) is 1.90. The number of hydrogen-bond acceptors (Lipinski definition) is 4. The first-order chi connectivity index (χ1) is 25.7. The second-order valence-corrected chi connectivity index (χ2v) is 17.2. The fourth-order valence-electron chi connectivity index (χ4n) is 10.5. The van der Waals surface area contributed by atoms with Crippen molar-refractivity contribution in [3.8, 4) is 5.75 Å². The van der Waals surface area contributed by atoms with Crippen LogP contribution in [0, 0.1) is 23.2 Å². The van der Waals surface area contributed by atoms with Crippen molar-refractivity contribution in [3.63, 3.8) is 0 Å². The molecule has 14 heteroatoms. The number of halogens is 10. The van der Waals surface area contributed by atoms with Crippen molar-refractivity contribution in [2.24, 2.45) is 23.2 Å². The number of fused-ring (bicyclic) bond motifs is 5. The number of rotatable bonds is 18. The zero-order valence-electron chi connectivity index (χ0n) is 32.3. The maximum Gasteiger partial charge on any atom is 0.460 e. The van der Waals surface area contributed by atoms with E-state index < -0.39 is 54.0 Å². The third-order valence-electron chi connectivity index (χ3n) is 13.7. The summed E-state index contributed by atoms with van der Waals surface area (Å²) in [5.41, 5.74) is 0.825. The van der Waals surface area contributed by atoms with Crippen LogP contribution in [0.25, 0.3) is 0 Å². The van der Waals surface area contributed by atoms with Gasteiger partial charge in [0.15, 0.2) is 6.29 Å². The Kier molecular flexibility index (Phi) is 13.9. The molecule has 0 spiro atoms. The lowest BCUT2D eigenvalue weighted by atomic mass is 9.49. The molecule has 0 bridgehead atoms. The van der Waals surface area contributed by atoms with E-state index in [0.717, 1.165) is 81.2 Å². The van der Waals surface area contributed by atoms with Crippen LogP contribution >= 0.6 is 0 Å². The summed E-state index contributed by atoms with van der Waals surface area (Å²) in [5, 5.41) is 11.7. The largest absolute Gasteiger partial charge is 0.465 e. The van der Waals surface area contributed by atoms with Crippen molar-refractivity contribution in [3.05, 3.63) is 29.3 Å². The van der Waals surface area contributed by atoms with Gasteiger partial charge in [0, 0.05) is 24.2 Å². The van der Waals surface area contributed by atoms with Crippen LogP contribution in [-0.4, -0.2) is 78.8 Å². The summed E-state index contributed by atoms with van der Waals surface area (Å²) >= 11 is 0. The van der Waals surface area contributed by atoms with E-state index >= 15 is 4.39 Å². The molecule has 316 valence electrons. The molecule has 2 saturated carbocycles. The molecule has 1 heterocycles. The summed E-state index contributed by atoms with van der Waals surface area (Å²) in [6, 6.07) is 6.09. The van der Waals surface area contributed by atoms with Gasteiger partial charge in [0.05, 0.1) is 12.2 Å². The molecule has 1 saturated heterocycles. The molecule has 4 aliphatic rings. The van der Waals surface area contributed by atoms with Crippen molar-refractivity contribution >= 4 is 0 Å². The van der Waals surface area contributed by atoms with E-state index in [2.05, 4.69) is 24.0 Å². The molecule has 55 heavy (non-hydrogen) atoms. The summed E-state index contributed by atoms with van der Waals surface area (Å²) in [5.74, 6) is -17.8. The minimum absolute atomic E-state index is 0.0127. The quantitative estimate of drug-likeness (QED) is 0.119. The van der Waals surface area contributed by atoms with Crippen molar-refractivity contribution in [1.82, 2.24) is 4.90 Å². The lowest BCUT2D eigenvalue weighted by Gasteiger charge is -2.56. The molecule has 3 fully saturated rings. The first-order valence-corrected chi connectivity index (χ1v) is 20.4. The average molecular weight is 804 g/mol.